The predicted octanol–water partition coefficient (Wildman–Crippen LogP) is 5.04. The van der Waals surface area contributed by atoms with Crippen LogP contribution in [0.4, 0.5) is 13.2 Å². The molecule has 2 N–H and O–H groups in total. The van der Waals surface area contributed by atoms with E-state index in [0.29, 0.717) is 11.6 Å². The molecule has 1 atom stereocenters. The van der Waals surface area contributed by atoms with Crippen LogP contribution in [-0.2, 0) is 20.8 Å². The van der Waals surface area contributed by atoms with Gasteiger partial charge in [-0.15, -0.1) is 11.3 Å². The van der Waals surface area contributed by atoms with Gasteiger partial charge in [0.25, 0.3) is 10.0 Å². The number of rotatable bonds is 6. The van der Waals surface area contributed by atoms with E-state index in [1.807, 2.05) is 4.72 Å². The summed E-state index contributed by atoms with van der Waals surface area (Å²) in [6, 6.07) is 9.84. The maximum absolute atomic E-state index is 13.0. The van der Waals surface area contributed by atoms with Crippen molar-refractivity contribution in [1.82, 2.24) is 4.72 Å². The maximum Gasteiger partial charge on any atom is 0.416 e. The molecule has 1 unspecified atom stereocenters. The van der Waals surface area contributed by atoms with Crippen LogP contribution in [0, 0.1) is 13.8 Å². The van der Waals surface area contributed by atoms with E-state index >= 15 is 0 Å². The number of fused-ring (bicyclic) bond motifs is 1. The molecule has 0 spiro atoms. The molecule has 0 saturated heterocycles. The van der Waals surface area contributed by atoms with E-state index in [4.69, 9.17) is 4.52 Å². The van der Waals surface area contributed by atoms with E-state index in [1.54, 1.807) is 31.2 Å². The van der Waals surface area contributed by atoms with Gasteiger partial charge in [-0.1, -0.05) is 24.3 Å². The lowest BCUT2D eigenvalue weighted by Crippen LogP contribution is -2.25. The van der Waals surface area contributed by atoms with Gasteiger partial charge in [0.15, 0.2) is 0 Å². The van der Waals surface area contributed by atoms with Gasteiger partial charge in [-0.2, -0.15) is 17.9 Å². The molecule has 162 valence electrons. The lowest BCUT2D eigenvalue weighted by molar-refractivity contribution is -0.138. The Labute approximate surface area is 174 Å². The molecule has 0 saturated carbocycles. The fraction of sp³-hybridized carbons (Fsp3) is 0.222. The molecule has 0 aliphatic carbocycles. The molecule has 1 aromatic heterocycles. The summed E-state index contributed by atoms with van der Waals surface area (Å²) < 4.78 is 84.1. The second-order valence-electron chi connectivity index (χ2n) is 6.52. The molecule has 30 heavy (non-hydrogen) atoms. The van der Waals surface area contributed by atoms with E-state index in [2.05, 4.69) is 0 Å². The van der Waals surface area contributed by atoms with Crippen molar-refractivity contribution in [2.75, 3.05) is 6.29 Å². The molecule has 0 amide bonds. The monoisotopic (exact) mass is 479 g/mol. The number of benzene rings is 2. The number of halogens is 3. The lowest BCUT2D eigenvalue weighted by atomic mass is 10.1. The summed E-state index contributed by atoms with van der Waals surface area (Å²) in [5.74, 6) is -0.490. The van der Waals surface area contributed by atoms with Crippen molar-refractivity contribution in [3.05, 3.63) is 59.2 Å². The van der Waals surface area contributed by atoms with Crippen LogP contribution in [0.1, 0.15) is 16.7 Å². The van der Waals surface area contributed by atoms with Crippen LogP contribution in [-0.4, -0.2) is 19.6 Å². The highest BCUT2D eigenvalue weighted by molar-refractivity contribution is 7.92. The second kappa shape index (κ2) is 7.97. The van der Waals surface area contributed by atoms with Gasteiger partial charge in [-0.25, -0.2) is 13.0 Å². The van der Waals surface area contributed by atoms with Crippen LogP contribution in [0.15, 0.2) is 46.7 Å². The Morgan fingerprint density at radius 1 is 1.17 bits per heavy atom. The molecular weight excluding hydrogens is 462 g/mol. The number of aryl methyl sites for hydroxylation is 2. The Balaban J connectivity index is 1.79. The van der Waals surface area contributed by atoms with Gasteiger partial charge in [0, 0.05) is 4.70 Å². The molecule has 0 aliphatic heterocycles. The third-order valence-corrected chi connectivity index (χ3v) is 8.82. The number of hydrogen-bond donors (Lipinski definition) is 2. The van der Waals surface area contributed by atoms with Crippen molar-refractivity contribution in [2.24, 2.45) is 0 Å². The third kappa shape index (κ3) is 4.87. The molecule has 3 rings (SSSR count). The highest BCUT2D eigenvalue weighted by Gasteiger charge is 2.34. The summed E-state index contributed by atoms with van der Waals surface area (Å²) in [5, 5.41) is 0.741. The first kappa shape index (κ1) is 22.8. The van der Waals surface area contributed by atoms with Crippen LogP contribution < -0.4 is 9.25 Å². The highest BCUT2D eigenvalue weighted by atomic mass is 32.2. The Hall–Kier alpha value is -1.91. The van der Waals surface area contributed by atoms with Gasteiger partial charge < -0.3 is 9.42 Å². The van der Waals surface area contributed by atoms with E-state index < -0.39 is 41.4 Å². The normalized spacial score (nSPS) is 14.6. The number of alkyl halides is 3. The fourth-order valence-corrected chi connectivity index (χ4v) is 7.11. The molecule has 6 nitrogen and oxygen atoms in total. The minimum Gasteiger partial charge on any atom is -0.424 e. The van der Waals surface area contributed by atoms with Crippen LogP contribution in [0.2, 0.25) is 0 Å². The number of sulfonamides is 1. The molecule has 12 heteroatoms. The number of nitrogens with one attached hydrogen (secondary N) is 1. The average Bonchev–Trinajstić information content (AvgIpc) is 2.99. The standard InChI is InChI=1S/C18H17F3NO5PS2/c1-11-7-8-13(9-15(11)18(19,20)21)27-28(23,24)10-22-30(25,26)17-12(2)14-5-3-4-6-16(14)29-17/h3-9,22H,10H2,1-2H3,(H,23,24). The minimum atomic E-state index is -4.66. The quantitative estimate of drug-likeness (QED) is 0.484. The van der Waals surface area contributed by atoms with Gasteiger partial charge in [0.1, 0.15) is 16.2 Å². The zero-order valence-corrected chi connectivity index (χ0v) is 18.3. The Kier molecular flexibility index (Phi) is 6.05. The highest BCUT2D eigenvalue weighted by Crippen LogP contribution is 2.44. The van der Waals surface area contributed by atoms with Crippen molar-refractivity contribution in [3.8, 4) is 5.75 Å². The van der Waals surface area contributed by atoms with Gasteiger partial charge >= 0.3 is 13.8 Å². The first-order valence-electron chi connectivity index (χ1n) is 8.47. The zero-order valence-electron chi connectivity index (χ0n) is 15.7. The summed E-state index contributed by atoms with van der Waals surface area (Å²) in [6.07, 6.45) is -5.67. The molecular formula is C18H17F3NO5PS2. The smallest absolute Gasteiger partial charge is 0.416 e. The fourth-order valence-electron chi connectivity index (χ4n) is 2.80. The van der Waals surface area contributed by atoms with Gasteiger partial charge in [0.05, 0.1) is 5.56 Å². The largest absolute Gasteiger partial charge is 0.424 e. The van der Waals surface area contributed by atoms with Crippen LogP contribution in [0.5, 0.6) is 5.75 Å². The summed E-state index contributed by atoms with van der Waals surface area (Å²) >= 11 is 1.00. The summed E-state index contributed by atoms with van der Waals surface area (Å²) in [7, 11) is -8.76. The maximum atomic E-state index is 13.0. The van der Waals surface area contributed by atoms with E-state index in [0.717, 1.165) is 33.6 Å². The molecule has 0 fully saturated rings. The number of thiophene rings is 1. The van der Waals surface area contributed by atoms with Gasteiger partial charge in [-0.05, 0) is 48.6 Å². The Morgan fingerprint density at radius 2 is 1.83 bits per heavy atom. The van der Waals surface area contributed by atoms with Crippen molar-refractivity contribution in [1.29, 1.82) is 0 Å². The first-order valence-corrected chi connectivity index (χ1v) is 12.5. The van der Waals surface area contributed by atoms with Crippen molar-refractivity contribution in [3.63, 3.8) is 0 Å². The Bertz CT molecular complexity index is 1250. The first-order chi connectivity index (χ1) is 13.8. The second-order valence-corrected chi connectivity index (χ2v) is 11.3. The topological polar surface area (TPSA) is 92.7 Å². The van der Waals surface area contributed by atoms with Crippen molar-refractivity contribution >= 4 is 39.0 Å². The molecule has 3 aromatic rings. The van der Waals surface area contributed by atoms with Crippen LogP contribution in [0.25, 0.3) is 10.1 Å². The molecule has 2 aromatic carbocycles. The summed E-state index contributed by atoms with van der Waals surface area (Å²) in [5.41, 5.74) is -0.602. The predicted molar refractivity (Wildman–Crippen MR) is 108 cm³/mol. The minimum absolute atomic E-state index is 0.0154. The van der Waals surface area contributed by atoms with Crippen LogP contribution in [0.3, 0.4) is 0 Å². The molecule has 0 bridgehead atoms. The van der Waals surface area contributed by atoms with Crippen LogP contribution >= 0.6 is 18.9 Å². The average molecular weight is 479 g/mol. The van der Waals surface area contributed by atoms with Gasteiger partial charge in [-0.3, -0.25) is 0 Å². The van der Waals surface area contributed by atoms with Crippen molar-refractivity contribution < 1.29 is 35.6 Å². The molecule has 0 aliphatic rings. The summed E-state index contributed by atoms with van der Waals surface area (Å²) in [4.78, 5) is 9.98. The molecule has 1 heterocycles. The third-order valence-electron chi connectivity index (χ3n) is 4.26. The summed E-state index contributed by atoms with van der Waals surface area (Å²) in [6.45, 7) is 2.86. The van der Waals surface area contributed by atoms with Gasteiger partial charge in [0.2, 0.25) is 0 Å². The van der Waals surface area contributed by atoms with E-state index in [1.165, 1.54) is 6.92 Å². The van der Waals surface area contributed by atoms with Crippen molar-refractivity contribution in [2.45, 2.75) is 24.2 Å². The Morgan fingerprint density at radius 3 is 2.47 bits per heavy atom. The SMILES string of the molecule is Cc1ccc(OP(=O)(O)CNS(=O)(=O)c2sc3ccccc3c2C)cc1C(F)(F)F. The van der Waals surface area contributed by atoms with E-state index in [-0.39, 0.29) is 9.77 Å². The van der Waals surface area contributed by atoms with E-state index in [9.17, 15) is 31.0 Å². The zero-order chi connectivity index (χ0) is 22.3. The molecule has 0 radical (unpaired) electrons. The lowest BCUT2D eigenvalue weighted by Gasteiger charge is -2.16. The number of hydrogen-bond acceptors (Lipinski definition) is 5.